The van der Waals surface area contributed by atoms with Gasteiger partial charge < -0.3 is 10.4 Å². The van der Waals surface area contributed by atoms with Crippen LogP contribution >= 0.6 is 15.9 Å². The highest BCUT2D eigenvalue weighted by Crippen LogP contribution is 2.19. The molecule has 0 aliphatic rings. The summed E-state index contributed by atoms with van der Waals surface area (Å²) in [6, 6.07) is 4.74. The lowest BCUT2D eigenvalue weighted by Crippen LogP contribution is -2.09. The molecule has 0 heterocycles. The molecule has 0 radical (unpaired) electrons. The second kappa shape index (κ2) is 5.32. The maximum absolute atomic E-state index is 12.8. The van der Waals surface area contributed by atoms with Gasteiger partial charge in [0.25, 0.3) is 0 Å². The molecule has 0 amide bonds. The molecule has 1 atom stereocenters. The van der Waals surface area contributed by atoms with Crippen LogP contribution in [0.4, 0.5) is 10.1 Å². The summed E-state index contributed by atoms with van der Waals surface area (Å²) < 4.78 is 13.3. The number of benzene rings is 1. The number of hydrogen-bond acceptors (Lipinski definition) is 2. The summed E-state index contributed by atoms with van der Waals surface area (Å²) in [6.45, 7) is 2.41. The smallest absolute Gasteiger partial charge is 0.137 e. The van der Waals surface area contributed by atoms with E-state index in [-0.39, 0.29) is 11.9 Å². The van der Waals surface area contributed by atoms with Gasteiger partial charge in [-0.15, -0.1) is 0 Å². The highest BCUT2D eigenvalue weighted by atomic mass is 79.9. The van der Waals surface area contributed by atoms with Crippen LogP contribution in [0, 0.1) is 5.82 Å². The number of aliphatic hydroxyl groups is 1. The molecule has 2 nitrogen and oxygen atoms in total. The Bertz CT molecular complexity index is 304. The number of hydrogen-bond donors (Lipinski definition) is 2. The van der Waals surface area contributed by atoms with Gasteiger partial charge in [0.05, 0.1) is 10.6 Å². The van der Waals surface area contributed by atoms with E-state index in [1.807, 2.05) is 0 Å². The van der Waals surface area contributed by atoms with Crippen LogP contribution in [0.2, 0.25) is 0 Å². The molecule has 0 aromatic heterocycles. The van der Waals surface area contributed by atoms with E-state index in [2.05, 4.69) is 21.2 Å². The molecule has 0 fully saturated rings. The zero-order valence-corrected chi connectivity index (χ0v) is 9.51. The fourth-order valence-electron chi connectivity index (χ4n) is 1.03. The molecule has 0 aliphatic heterocycles. The largest absolute Gasteiger partial charge is 0.393 e. The van der Waals surface area contributed by atoms with Gasteiger partial charge in [0.15, 0.2) is 0 Å². The van der Waals surface area contributed by atoms with Crippen LogP contribution in [0.15, 0.2) is 22.7 Å². The summed E-state index contributed by atoms with van der Waals surface area (Å²) in [5.41, 5.74) is 0.846. The molecule has 14 heavy (non-hydrogen) atoms. The Kier molecular flexibility index (Phi) is 4.35. The van der Waals surface area contributed by atoms with E-state index in [1.54, 1.807) is 19.1 Å². The fraction of sp³-hybridized carbons (Fsp3) is 0.400. The molecular formula is C10H13BrFNO. The van der Waals surface area contributed by atoms with E-state index in [4.69, 9.17) is 5.11 Å². The van der Waals surface area contributed by atoms with Crippen molar-refractivity contribution in [2.75, 3.05) is 11.9 Å². The Morgan fingerprint density at radius 2 is 2.29 bits per heavy atom. The maximum Gasteiger partial charge on any atom is 0.137 e. The van der Waals surface area contributed by atoms with Crippen molar-refractivity contribution < 1.29 is 9.50 Å². The van der Waals surface area contributed by atoms with Gasteiger partial charge in [-0.2, -0.15) is 0 Å². The van der Waals surface area contributed by atoms with Crippen molar-refractivity contribution in [3.05, 3.63) is 28.5 Å². The van der Waals surface area contributed by atoms with Crippen LogP contribution in [-0.4, -0.2) is 17.8 Å². The lowest BCUT2D eigenvalue weighted by molar-refractivity contribution is 0.189. The zero-order chi connectivity index (χ0) is 10.6. The number of halogens is 2. The second-order valence-corrected chi connectivity index (χ2v) is 4.05. The first kappa shape index (κ1) is 11.5. The van der Waals surface area contributed by atoms with Crippen LogP contribution in [0.5, 0.6) is 0 Å². The lowest BCUT2D eigenvalue weighted by Gasteiger charge is -2.08. The molecule has 0 saturated carbocycles. The van der Waals surface area contributed by atoms with Gasteiger partial charge in [0, 0.05) is 12.2 Å². The predicted molar refractivity (Wildman–Crippen MR) is 58.9 cm³/mol. The Hall–Kier alpha value is -0.610. The van der Waals surface area contributed by atoms with Gasteiger partial charge in [-0.3, -0.25) is 0 Å². The summed E-state index contributed by atoms with van der Waals surface area (Å²) in [4.78, 5) is 0. The molecular weight excluding hydrogens is 249 g/mol. The van der Waals surface area contributed by atoms with Crippen molar-refractivity contribution in [2.45, 2.75) is 19.4 Å². The molecule has 4 heteroatoms. The number of nitrogens with one attached hydrogen (secondary N) is 1. The minimum Gasteiger partial charge on any atom is -0.393 e. The third-order valence-electron chi connectivity index (χ3n) is 1.81. The number of anilines is 1. The minimum absolute atomic E-state index is 0.272. The monoisotopic (exact) mass is 261 g/mol. The SMILES string of the molecule is CC(O)CCNc1ccc(F)c(Br)c1. The van der Waals surface area contributed by atoms with Gasteiger partial charge in [-0.1, -0.05) is 0 Å². The Morgan fingerprint density at radius 1 is 1.57 bits per heavy atom. The Morgan fingerprint density at radius 3 is 2.86 bits per heavy atom. The Balaban J connectivity index is 2.47. The zero-order valence-electron chi connectivity index (χ0n) is 7.93. The van der Waals surface area contributed by atoms with Crippen LogP contribution in [0.1, 0.15) is 13.3 Å². The van der Waals surface area contributed by atoms with Gasteiger partial charge >= 0.3 is 0 Å². The summed E-state index contributed by atoms with van der Waals surface area (Å²) in [5.74, 6) is -0.272. The van der Waals surface area contributed by atoms with E-state index in [0.29, 0.717) is 17.4 Å². The number of rotatable bonds is 4. The molecule has 0 spiro atoms. The summed E-state index contributed by atoms with van der Waals surface area (Å²) in [7, 11) is 0. The van der Waals surface area contributed by atoms with Crippen molar-refractivity contribution >= 4 is 21.6 Å². The Labute approximate surface area is 91.3 Å². The van der Waals surface area contributed by atoms with Crippen molar-refractivity contribution in [1.82, 2.24) is 0 Å². The molecule has 0 saturated heterocycles. The third kappa shape index (κ3) is 3.64. The van der Waals surface area contributed by atoms with Gasteiger partial charge in [-0.25, -0.2) is 4.39 Å². The van der Waals surface area contributed by atoms with E-state index < -0.39 is 0 Å². The first-order valence-electron chi connectivity index (χ1n) is 4.46. The molecule has 0 aliphatic carbocycles. The molecule has 2 N–H and O–H groups in total. The fourth-order valence-corrected chi connectivity index (χ4v) is 1.41. The second-order valence-electron chi connectivity index (χ2n) is 3.19. The average molecular weight is 262 g/mol. The summed E-state index contributed by atoms with van der Waals surface area (Å²) in [6.07, 6.45) is 0.362. The molecule has 0 bridgehead atoms. The highest BCUT2D eigenvalue weighted by Gasteiger charge is 2.00. The van der Waals surface area contributed by atoms with E-state index in [9.17, 15) is 4.39 Å². The normalized spacial score (nSPS) is 12.6. The standard InChI is InChI=1S/C10H13BrFNO/c1-7(14)4-5-13-8-2-3-10(12)9(11)6-8/h2-3,6-7,13-14H,4-5H2,1H3. The molecule has 78 valence electrons. The van der Waals surface area contributed by atoms with Crippen LogP contribution < -0.4 is 5.32 Å². The quantitative estimate of drug-likeness (QED) is 0.874. The molecule has 1 unspecified atom stereocenters. The lowest BCUT2D eigenvalue weighted by atomic mass is 10.2. The minimum atomic E-state index is -0.314. The van der Waals surface area contributed by atoms with E-state index in [1.165, 1.54) is 6.07 Å². The molecule has 1 aromatic carbocycles. The first-order valence-corrected chi connectivity index (χ1v) is 5.26. The van der Waals surface area contributed by atoms with Crippen LogP contribution in [-0.2, 0) is 0 Å². The summed E-state index contributed by atoms with van der Waals surface area (Å²) >= 11 is 3.10. The topological polar surface area (TPSA) is 32.3 Å². The van der Waals surface area contributed by atoms with Gasteiger partial charge in [0.1, 0.15) is 5.82 Å². The maximum atomic E-state index is 12.8. The van der Waals surface area contributed by atoms with Crippen LogP contribution in [0.3, 0.4) is 0 Å². The average Bonchev–Trinajstić information content (AvgIpc) is 2.10. The summed E-state index contributed by atoms with van der Waals surface area (Å²) in [5, 5.41) is 12.1. The predicted octanol–water partition coefficient (Wildman–Crippen LogP) is 2.77. The first-order chi connectivity index (χ1) is 6.59. The molecule has 1 rings (SSSR count). The van der Waals surface area contributed by atoms with Crippen molar-refractivity contribution in [3.8, 4) is 0 Å². The highest BCUT2D eigenvalue weighted by molar-refractivity contribution is 9.10. The third-order valence-corrected chi connectivity index (χ3v) is 2.42. The van der Waals surface area contributed by atoms with E-state index >= 15 is 0 Å². The van der Waals surface area contributed by atoms with Gasteiger partial charge in [-0.05, 0) is 47.5 Å². The molecule has 1 aromatic rings. The van der Waals surface area contributed by atoms with E-state index in [0.717, 1.165) is 5.69 Å². The number of aliphatic hydroxyl groups excluding tert-OH is 1. The van der Waals surface area contributed by atoms with Crippen LogP contribution in [0.25, 0.3) is 0 Å². The van der Waals surface area contributed by atoms with Crippen molar-refractivity contribution in [1.29, 1.82) is 0 Å². The van der Waals surface area contributed by atoms with Crippen molar-refractivity contribution in [3.63, 3.8) is 0 Å². The van der Waals surface area contributed by atoms with Gasteiger partial charge in [0.2, 0.25) is 0 Å². The van der Waals surface area contributed by atoms with Crippen molar-refractivity contribution in [2.24, 2.45) is 0 Å².